The van der Waals surface area contributed by atoms with E-state index in [1.54, 1.807) is 6.07 Å². The van der Waals surface area contributed by atoms with Crippen molar-refractivity contribution in [2.45, 2.75) is 24.8 Å². The van der Waals surface area contributed by atoms with Crippen molar-refractivity contribution in [1.29, 1.82) is 0 Å². The van der Waals surface area contributed by atoms with Gasteiger partial charge in [-0.25, -0.2) is 18.1 Å². The highest BCUT2D eigenvalue weighted by Gasteiger charge is 2.17. The third-order valence-corrected chi connectivity index (χ3v) is 3.67. The highest BCUT2D eigenvalue weighted by Crippen LogP contribution is 2.12. The van der Waals surface area contributed by atoms with Crippen LogP contribution < -0.4 is 10.5 Å². The molecule has 0 aromatic carbocycles. The molecule has 1 aromatic heterocycles. The molecule has 0 aliphatic carbocycles. The molecule has 3 N–H and O–H groups in total. The van der Waals surface area contributed by atoms with Crippen LogP contribution in [0.15, 0.2) is 23.4 Å². The Labute approximate surface area is 108 Å². The Kier molecular flexibility index (Phi) is 6.03. The van der Waals surface area contributed by atoms with E-state index in [9.17, 15) is 8.42 Å². The summed E-state index contributed by atoms with van der Waals surface area (Å²) in [7, 11) is -3.65. The summed E-state index contributed by atoms with van der Waals surface area (Å²) in [5, 5.41) is -0.140. The lowest BCUT2D eigenvalue weighted by Crippen LogP contribution is -2.29. The third-order valence-electron chi connectivity index (χ3n) is 2.24. The van der Waals surface area contributed by atoms with Crippen LogP contribution in [0.3, 0.4) is 0 Å². The van der Waals surface area contributed by atoms with E-state index >= 15 is 0 Å². The van der Waals surface area contributed by atoms with Crippen LogP contribution in [0.5, 0.6) is 0 Å². The van der Waals surface area contributed by atoms with Gasteiger partial charge in [-0.05, 0) is 18.6 Å². The number of nitrogens with zero attached hydrogens (tertiary/aromatic N) is 1. The van der Waals surface area contributed by atoms with Crippen LogP contribution in [0.2, 0.25) is 0 Å². The fourth-order valence-electron chi connectivity index (χ4n) is 1.29. The summed E-state index contributed by atoms with van der Waals surface area (Å²) in [6, 6.07) is 3.08. The van der Waals surface area contributed by atoms with Crippen LogP contribution in [-0.2, 0) is 14.8 Å². The number of unbranched alkanes of at least 4 members (excludes halogenated alkanes) is 1. The lowest BCUT2D eigenvalue weighted by molar-refractivity contribution is 0.136. The molecule has 1 aromatic rings. The van der Waals surface area contributed by atoms with Crippen molar-refractivity contribution in [3.8, 4) is 0 Å². The van der Waals surface area contributed by atoms with Gasteiger partial charge in [0.2, 0.25) is 0 Å². The van der Waals surface area contributed by atoms with Gasteiger partial charge >= 0.3 is 0 Å². The SMILES string of the molecule is CCCCOCCNS(=O)(=O)c1ncccc1N. The van der Waals surface area contributed by atoms with E-state index in [1.807, 2.05) is 0 Å². The summed E-state index contributed by atoms with van der Waals surface area (Å²) in [5.74, 6) is 0. The van der Waals surface area contributed by atoms with Crippen LogP contribution >= 0.6 is 0 Å². The maximum absolute atomic E-state index is 11.8. The van der Waals surface area contributed by atoms with Crippen molar-refractivity contribution in [2.24, 2.45) is 0 Å². The van der Waals surface area contributed by atoms with Crippen molar-refractivity contribution in [1.82, 2.24) is 9.71 Å². The third kappa shape index (κ3) is 4.59. The van der Waals surface area contributed by atoms with E-state index in [0.29, 0.717) is 13.2 Å². The van der Waals surface area contributed by atoms with E-state index in [4.69, 9.17) is 10.5 Å². The number of nitrogens with one attached hydrogen (secondary N) is 1. The maximum atomic E-state index is 11.8. The minimum atomic E-state index is -3.65. The van der Waals surface area contributed by atoms with Crippen molar-refractivity contribution >= 4 is 15.7 Å². The predicted molar refractivity (Wildman–Crippen MR) is 69.6 cm³/mol. The highest BCUT2D eigenvalue weighted by atomic mass is 32.2. The first-order valence-corrected chi connectivity index (χ1v) is 7.34. The molecule has 0 fully saturated rings. The Hall–Kier alpha value is -1.18. The fraction of sp³-hybridized carbons (Fsp3) is 0.545. The number of sulfonamides is 1. The van der Waals surface area contributed by atoms with Gasteiger partial charge < -0.3 is 10.5 Å². The quantitative estimate of drug-likeness (QED) is 0.682. The molecule has 0 saturated carbocycles. The van der Waals surface area contributed by atoms with E-state index in [-0.39, 0.29) is 17.3 Å². The summed E-state index contributed by atoms with van der Waals surface area (Å²) in [6.07, 6.45) is 3.42. The normalized spacial score (nSPS) is 11.6. The zero-order valence-electron chi connectivity index (χ0n) is 10.4. The van der Waals surface area contributed by atoms with Crippen LogP contribution in [0.1, 0.15) is 19.8 Å². The molecule has 0 bridgehead atoms. The molecule has 102 valence electrons. The van der Waals surface area contributed by atoms with Crippen molar-refractivity contribution in [3.63, 3.8) is 0 Å². The number of pyridine rings is 1. The number of anilines is 1. The molecular formula is C11H19N3O3S. The molecule has 0 aliphatic heterocycles. The smallest absolute Gasteiger partial charge is 0.260 e. The van der Waals surface area contributed by atoms with Gasteiger partial charge in [0.15, 0.2) is 5.03 Å². The van der Waals surface area contributed by atoms with Crippen LogP contribution in [0, 0.1) is 0 Å². The first-order chi connectivity index (χ1) is 8.58. The predicted octanol–water partition coefficient (Wildman–Crippen LogP) is 0.759. The molecule has 1 rings (SSSR count). The Balaban J connectivity index is 2.44. The number of ether oxygens (including phenoxy) is 1. The van der Waals surface area contributed by atoms with Crippen LogP contribution in [-0.4, -0.2) is 33.2 Å². The van der Waals surface area contributed by atoms with Gasteiger partial charge in [0.05, 0.1) is 12.3 Å². The molecule has 0 unspecified atom stereocenters. The average molecular weight is 273 g/mol. The molecule has 0 aliphatic rings. The number of hydrogen-bond donors (Lipinski definition) is 2. The van der Waals surface area contributed by atoms with E-state index in [0.717, 1.165) is 12.8 Å². The molecule has 0 atom stereocenters. The molecule has 0 saturated heterocycles. The standard InChI is InChI=1S/C11H19N3O3S/c1-2-3-8-17-9-7-14-18(15,16)11-10(12)5-4-6-13-11/h4-6,14H,2-3,7-9,12H2,1H3. The van der Waals surface area contributed by atoms with Crippen molar-refractivity contribution in [2.75, 3.05) is 25.5 Å². The Morgan fingerprint density at radius 3 is 2.89 bits per heavy atom. The fourth-order valence-corrected chi connectivity index (χ4v) is 2.36. The number of rotatable bonds is 8. The van der Waals surface area contributed by atoms with Crippen LogP contribution in [0.25, 0.3) is 0 Å². The van der Waals surface area contributed by atoms with E-state index < -0.39 is 10.0 Å². The molecule has 1 heterocycles. The lowest BCUT2D eigenvalue weighted by atomic mass is 10.4. The van der Waals surface area contributed by atoms with Gasteiger partial charge in [0, 0.05) is 19.3 Å². The van der Waals surface area contributed by atoms with Crippen molar-refractivity contribution < 1.29 is 13.2 Å². The van der Waals surface area contributed by atoms with Crippen molar-refractivity contribution in [3.05, 3.63) is 18.3 Å². The van der Waals surface area contributed by atoms with Gasteiger partial charge in [-0.3, -0.25) is 0 Å². The number of aromatic nitrogens is 1. The molecule has 6 nitrogen and oxygen atoms in total. The summed E-state index contributed by atoms with van der Waals surface area (Å²) in [6.45, 7) is 3.26. The summed E-state index contributed by atoms with van der Waals surface area (Å²) >= 11 is 0. The van der Waals surface area contributed by atoms with Gasteiger partial charge in [0.25, 0.3) is 10.0 Å². The van der Waals surface area contributed by atoms with E-state index in [2.05, 4.69) is 16.6 Å². The summed E-state index contributed by atoms with van der Waals surface area (Å²) in [4.78, 5) is 3.76. The van der Waals surface area contributed by atoms with Gasteiger partial charge in [-0.2, -0.15) is 0 Å². The average Bonchev–Trinajstić information content (AvgIpc) is 2.34. The molecule has 7 heteroatoms. The Bertz CT molecular complexity index is 462. The molecule has 18 heavy (non-hydrogen) atoms. The number of nitrogens with two attached hydrogens (primary N) is 1. The summed E-state index contributed by atoms with van der Waals surface area (Å²) in [5.41, 5.74) is 5.70. The Morgan fingerprint density at radius 2 is 2.22 bits per heavy atom. The van der Waals surface area contributed by atoms with Gasteiger partial charge in [-0.15, -0.1) is 0 Å². The molecular weight excluding hydrogens is 254 g/mol. The lowest BCUT2D eigenvalue weighted by Gasteiger charge is -2.08. The topological polar surface area (TPSA) is 94.3 Å². The molecule has 0 spiro atoms. The minimum Gasteiger partial charge on any atom is -0.396 e. The maximum Gasteiger partial charge on any atom is 0.260 e. The zero-order valence-corrected chi connectivity index (χ0v) is 11.2. The van der Waals surface area contributed by atoms with Crippen LogP contribution in [0.4, 0.5) is 5.69 Å². The first-order valence-electron chi connectivity index (χ1n) is 5.86. The number of nitrogen functional groups attached to an aromatic ring is 1. The van der Waals surface area contributed by atoms with Gasteiger partial charge in [-0.1, -0.05) is 13.3 Å². The zero-order chi connectivity index (χ0) is 13.4. The second kappa shape index (κ2) is 7.30. The summed E-state index contributed by atoms with van der Waals surface area (Å²) < 4.78 is 31.3. The van der Waals surface area contributed by atoms with Gasteiger partial charge in [0.1, 0.15) is 0 Å². The second-order valence-electron chi connectivity index (χ2n) is 3.76. The second-order valence-corrected chi connectivity index (χ2v) is 5.44. The minimum absolute atomic E-state index is 0.136. The number of hydrogen-bond acceptors (Lipinski definition) is 5. The first kappa shape index (κ1) is 14.9. The Morgan fingerprint density at radius 1 is 1.44 bits per heavy atom. The highest BCUT2D eigenvalue weighted by molar-refractivity contribution is 7.89. The largest absolute Gasteiger partial charge is 0.396 e. The van der Waals surface area contributed by atoms with E-state index in [1.165, 1.54) is 12.3 Å². The molecule has 0 radical (unpaired) electrons. The monoisotopic (exact) mass is 273 g/mol. The molecule has 0 amide bonds.